The molecular weight excluding hydrogens is 298 g/mol. The number of para-hydroxylation sites is 1. The highest BCUT2D eigenvalue weighted by atomic mass is 79.9. The zero-order valence-corrected chi connectivity index (χ0v) is 12.5. The van der Waals surface area contributed by atoms with Gasteiger partial charge in [0, 0.05) is 30.9 Å². The first-order chi connectivity index (χ1) is 8.63. The summed E-state index contributed by atoms with van der Waals surface area (Å²) in [5.41, 5.74) is 0.933. The standard InChI is InChI=1S/C13H18BrNO3/c1-15(12(16)7-8-14)9-10-5-4-6-11(17-2)13(10)18-3/h4-6H,7-9H2,1-3H3. The van der Waals surface area contributed by atoms with Crippen LogP contribution in [0.25, 0.3) is 0 Å². The second kappa shape index (κ2) is 7.26. The van der Waals surface area contributed by atoms with E-state index < -0.39 is 0 Å². The van der Waals surface area contributed by atoms with Gasteiger partial charge in [0.1, 0.15) is 0 Å². The minimum Gasteiger partial charge on any atom is -0.493 e. The predicted octanol–water partition coefficient (Wildman–Crippen LogP) is 2.45. The van der Waals surface area contributed by atoms with E-state index in [1.807, 2.05) is 18.2 Å². The number of carbonyl (C=O) groups is 1. The number of halogens is 1. The van der Waals surface area contributed by atoms with Gasteiger partial charge in [0.25, 0.3) is 0 Å². The van der Waals surface area contributed by atoms with Gasteiger partial charge in [0.15, 0.2) is 11.5 Å². The second-order valence-corrected chi connectivity index (χ2v) is 4.63. The maximum absolute atomic E-state index is 11.7. The number of ether oxygens (including phenoxy) is 2. The molecule has 0 atom stereocenters. The highest BCUT2D eigenvalue weighted by Crippen LogP contribution is 2.31. The molecule has 0 aliphatic rings. The molecular formula is C13H18BrNO3. The molecule has 0 aliphatic heterocycles. The first kappa shape index (κ1) is 14.8. The number of nitrogens with zero attached hydrogens (tertiary/aromatic N) is 1. The van der Waals surface area contributed by atoms with E-state index >= 15 is 0 Å². The molecule has 1 amide bonds. The number of carbonyl (C=O) groups excluding carboxylic acids is 1. The molecule has 0 aromatic heterocycles. The molecule has 0 heterocycles. The number of hydrogen-bond acceptors (Lipinski definition) is 3. The summed E-state index contributed by atoms with van der Waals surface area (Å²) in [5.74, 6) is 1.45. The van der Waals surface area contributed by atoms with E-state index in [-0.39, 0.29) is 5.91 Å². The fourth-order valence-corrected chi connectivity index (χ4v) is 2.03. The lowest BCUT2D eigenvalue weighted by Gasteiger charge is -2.19. The molecule has 0 saturated heterocycles. The normalized spacial score (nSPS) is 10.0. The van der Waals surface area contributed by atoms with Crippen LogP contribution in [0.1, 0.15) is 12.0 Å². The lowest BCUT2D eigenvalue weighted by atomic mass is 10.1. The van der Waals surface area contributed by atoms with Crippen molar-refractivity contribution in [2.75, 3.05) is 26.6 Å². The van der Waals surface area contributed by atoms with Crippen LogP contribution in [0.5, 0.6) is 11.5 Å². The van der Waals surface area contributed by atoms with Gasteiger partial charge >= 0.3 is 0 Å². The van der Waals surface area contributed by atoms with Crippen LogP contribution in [-0.2, 0) is 11.3 Å². The van der Waals surface area contributed by atoms with Gasteiger partial charge in [-0.3, -0.25) is 4.79 Å². The first-order valence-electron chi connectivity index (χ1n) is 5.63. The van der Waals surface area contributed by atoms with Gasteiger partial charge in [-0.25, -0.2) is 0 Å². The topological polar surface area (TPSA) is 38.8 Å². The van der Waals surface area contributed by atoms with Gasteiger partial charge in [0.05, 0.1) is 14.2 Å². The van der Waals surface area contributed by atoms with Gasteiger partial charge in [-0.2, -0.15) is 0 Å². The fraction of sp³-hybridized carbons (Fsp3) is 0.462. The predicted molar refractivity (Wildman–Crippen MR) is 74.4 cm³/mol. The molecule has 1 rings (SSSR count). The van der Waals surface area contributed by atoms with Crippen LogP contribution < -0.4 is 9.47 Å². The Balaban J connectivity index is 2.87. The van der Waals surface area contributed by atoms with Crippen LogP contribution in [0.4, 0.5) is 0 Å². The van der Waals surface area contributed by atoms with Crippen LogP contribution in [0.2, 0.25) is 0 Å². The number of methoxy groups -OCH3 is 2. The van der Waals surface area contributed by atoms with Crippen LogP contribution in [-0.4, -0.2) is 37.4 Å². The summed E-state index contributed by atoms with van der Waals surface area (Å²) < 4.78 is 10.6. The molecule has 4 nitrogen and oxygen atoms in total. The molecule has 0 saturated carbocycles. The lowest BCUT2D eigenvalue weighted by molar-refractivity contribution is -0.129. The number of alkyl halides is 1. The molecule has 100 valence electrons. The van der Waals surface area contributed by atoms with E-state index in [0.717, 1.165) is 5.56 Å². The van der Waals surface area contributed by atoms with E-state index in [2.05, 4.69) is 15.9 Å². The van der Waals surface area contributed by atoms with Crippen LogP contribution in [0.3, 0.4) is 0 Å². The minimum atomic E-state index is 0.0942. The van der Waals surface area contributed by atoms with Crippen molar-refractivity contribution in [2.24, 2.45) is 0 Å². The smallest absolute Gasteiger partial charge is 0.223 e. The van der Waals surface area contributed by atoms with Crippen molar-refractivity contribution in [3.63, 3.8) is 0 Å². The SMILES string of the molecule is COc1cccc(CN(C)C(=O)CCBr)c1OC. The number of hydrogen-bond donors (Lipinski definition) is 0. The Hall–Kier alpha value is -1.23. The Morgan fingerprint density at radius 2 is 2.06 bits per heavy atom. The molecule has 0 spiro atoms. The summed E-state index contributed by atoms with van der Waals surface area (Å²) in [5, 5.41) is 0.672. The highest BCUT2D eigenvalue weighted by Gasteiger charge is 2.14. The third-order valence-electron chi connectivity index (χ3n) is 2.63. The summed E-state index contributed by atoms with van der Waals surface area (Å²) >= 11 is 3.26. The van der Waals surface area contributed by atoms with Crippen molar-refractivity contribution in [1.82, 2.24) is 4.90 Å². The molecule has 1 aromatic rings. The van der Waals surface area contributed by atoms with Gasteiger partial charge in [0.2, 0.25) is 5.91 Å². The van der Waals surface area contributed by atoms with E-state index in [0.29, 0.717) is 29.8 Å². The van der Waals surface area contributed by atoms with Crippen LogP contribution in [0, 0.1) is 0 Å². The number of amides is 1. The van der Waals surface area contributed by atoms with Crippen LogP contribution in [0.15, 0.2) is 18.2 Å². The molecule has 1 aromatic carbocycles. The molecule has 0 unspecified atom stereocenters. The van der Waals surface area contributed by atoms with E-state index in [1.165, 1.54) is 0 Å². The molecule has 18 heavy (non-hydrogen) atoms. The first-order valence-corrected chi connectivity index (χ1v) is 6.76. The monoisotopic (exact) mass is 315 g/mol. The maximum atomic E-state index is 11.7. The van der Waals surface area contributed by atoms with E-state index in [1.54, 1.807) is 26.2 Å². The molecule has 0 aliphatic carbocycles. The minimum absolute atomic E-state index is 0.0942. The summed E-state index contributed by atoms with van der Waals surface area (Å²) in [6.07, 6.45) is 0.489. The van der Waals surface area contributed by atoms with Crippen molar-refractivity contribution in [2.45, 2.75) is 13.0 Å². The fourth-order valence-electron chi connectivity index (χ4n) is 1.69. The van der Waals surface area contributed by atoms with E-state index in [9.17, 15) is 4.79 Å². The van der Waals surface area contributed by atoms with Crippen molar-refractivity contribution in [3.8, 4) is 11.5 Å². The summed E-state index contributed by atoms with van der Waals surface area (Å²) in [4.78, 5) is 13.4. The summed E-state index contributed by atoms with van der Waals surface area (Å²) in [6, 6.07) is 5.65. The summed E-state index contributed by atoms with van der Waals surface area (Å²) in [6.45, 7) is 0.506. The average molecular weight is 316 g/mol. The number of benzene rings is 1. The Morgan fingerprint density at radius 3 is 2.61 bits per heavy atom. The van der Waals surface area contributed by atoms with Crippen molar-refractivity contribution in [1.29, 1.82) is 0 Å². The van der Waals surface area contributed by atoms with Crippen LogP contribution >= 0.6 is 15.9 Å². The third-order valence-corrected chi connectivity index (χ3v) is 3.02. The molecule has 5 heteroatoms. The Kier molecular flexibility index (Phi) is 5.98. The molecule has 0 fully saturated rings. The Labute approximate surface area is 116 Å². The van der Waals surface area contributed by atoms with Gasteiger partial charge in [-0.05, 0) is 6.07 Å². The molecule has 0 radical (unpaired) electrons. The Morgan fingerprint density at radius 1 is 1.33 bits per heavy atom. The zero-order valence-electron chi connectivity index (χ0n) is 10.9. The Bertz CT molecular complexity index is 409. The zero-order chi connectivity index (χ0) is 13.5. The van der Waals surface area contributed by atoms with Gasteiger partial charge in [-0.1, -0.05) is 28.1 Å². The van der Waals surface area contributed by atoms with Gasteiger partial charge in [-0.15, -0.1) is 0 Å². The summed E-state index contributed by atoms with van der Waals surface area (Å²) in [7, 11) is 4.98. The average Bonchev–Trinajstić information content (AvgIpc) is 2.38. The van der Waals surface area contributed by atoms with E-state index in [4.69, 9.17) is 9.47 Å². The molecule has 0 N–H and O–H groups in total. The largest absolute Gasteiger partial charge is 0.493 e. The second-order valence-electron chi connectivity index (χ2n) is 3.84. The quantitative estimate of drug-likeness (QED) is 0.757. The third kappa shape index (κ3) is 3.63. The van der Waals surface area contributed by atoms with Gasteiger partial charge < -0.3 is 14.4 Å². The maximum Gasteiger partial charge on any atom is 0.223 e. The highest BCUT2D eigenvalue weighted by molar-refractivity contribution is 9.09. The lowest BCUT2D eigenvalue weighted by Crippen LogP contribution is -2.26. The number of rotatable bonds is 6. The van der Waals surface area contributed by atoms with Crippen molar-refractivity contribution < 1.29 is 14.3 Å². The van der Waals surface area contributed by atoms with Crippen molar-refractivity contribution in [3.05, 3.63) is 23.8 Å². The van der Waals surface area contributed by atoms with Crippen molar-refractivity contribution >= 4 is 21.8 Å². The molecule has 0 bridgehead atoms.